The van der Waals surface area contributed by atoms with Gasteiger partial charge in [0.15, 0.2) is 0 Å². The van der Waals surface area contributed by atoms with E-state index in [1.54, 1.807) is 0 Å². The van der Waals surface area contributed by atoms with Crippen LogP contribution in [0.3, 0.4) is 0 Å². The molecule has 0 spiro atoms. The molecule has 0 aromatic heterocycles. The molecule has 20 heavy (non-hydrogen) atoms. The zero-order valence-corrected chi connectivity index (χ0v) is 12.1. The van der Waals surface area contributed by atoms with Gasteiger partial charge in [-0.25, -0.2) is 17.2 Å². The molecule has 0 unspecified atom stereocenters. The molecule has 0 radical (unpaired) electrons. The Kier molecular flexibility index (Phi) is 5.18. The third-order valence-corrected chi connectivity index (χ3v) is 4.61. The Hall–Kier alpha value is -1.54. The smallest absolute Gasteiger partial charge is 0.321 e. The standard InChI is InChI=1S/C12H15F2NO4S/c1-8(2)15(7-12(16)19-3)20(17,18)11-6-9(13)4-5-10(11)14/h4-6,8H,7H2,1-3H3. The fourth-order valence-electron chi connectivity index (χ4n) is 1.54. The average Bonchev–Trinajstić information content (AvgIpc) is 2.37. The van der Waals surface area contributed by atoms with Gasteiger partial charge in [0.25, 0.3) is 0 Å². The van der Waals surface area contributed by atoms with Crippen molar-refractivity contribution in [3.05, 3.63) is 29.8 Å². The molecule has 0 aliphatic heterocycles. The number of nitrogens with zero attached hydrogens (tertiary/aromatic N) is 1. The summed E-state index contributed by atoms with van der Waals surface area (Å²) < 4.78 is 56.5. The van der Waals surface area contributed by atoms with Gasteiger partial charge in [-0.15, -0.1) is 0 Å². The molecule has 0 atom stereocenters. The molecule has 0 saturated heterocycles. The van der Waals surface area contributed by atoms with Crippen molar-refractivity contribution in [1.29, 1.82) is 0 Å². The van der Waals surface area contributed by atoms with Crippen LogP contribution in [0.1, 0.15) is 13.8 Å². The highest BCUT2D eigenvalue weighted by atomic mass is 32.2. The van der Waals surface area contributed by atoms with Crippen LogP contribution in [0.5, 0.6) is 0 Å². The first kappa shape index (κ1) is 16.5. The van der Waals surface area contributed by atoms with Crippen molar-refractivity contribution in [1.82, 2.24) is 4.31 Å². The second-order valence-electron chi connectivity index (χ2n) is 4.29. The van der Waals surface area contributed by atoms with Gasteiger partial charge >= 0.3 is 5.97 Å². The largest absolute Gasteiger partial charge is 0.468 e. The number of benzene rings is 1. The molecule has 0 fully saturated rings. The first-order chi connectivity index (χ1) is 9.20. The maximum Gasteiger partial charge on any atom is 0.321 e. The average molecular weight is 307 g/mol. The maximum absolute atomic E-state index is 13.6. The molecule has 0 aliphatic carbocycles. The van der Waals surface area contributed by atoms with Crippen LogP contribution in [0, 0.1) is 11.6 Å². The van der Waals surface area contributed by atoms with E-state index in [0.29, 0.717) is 6.07 Å². The monoisotopic (exact) mass is 307 g/mol. The summed E-state index contributed by atoms with van der Waals surface area (Å²) >= 11 is 0. The molecular weight excluding hydrogens is 292 g/mol. The predicted octanol–water partition coefficient (Wildman–Crippen LogP) is 1.54. The normalized spacial score (nSPS) is 11.9. The van der Waals surface area contributed by atoms with E-state index in [-0.39, 0.29) is 0 Å². The SMILES string of the molecule is COC(=O)CN(C(C)C)S(=O)(=O)c1cc(F)ccc1F. The van der Waals surface area contributed by atoms with Gasteiger partial charge in [-0.3, -0.25) is 4.79 Å². The fraction of sp³-hybridized carbons (Fsp3) is 0.417. The van der Waals surface area contributed by atoms with Crippen molar-refractivity contribution < 1.29 is 26.7 Å². The van der Waals surface area contributed by atoms with Crippen LogP contribution in [0.25, 0.3) is 0 Å². The summed E-state index contributed by atoms with van der Waals surface area (Å²) in [5, 5.41) is 0. The number of sulfonamides is 1. The maximum atomic E-state index is 13.6. The number of hydrogen-bond donors (Lipinski definition) is 0. The van der Waals surface area contributed by atoms with Crippen LogP contribution >= 0.6 is 0 Å². The number of esters is 1. The summed E-state index contributed by atoms with van der Waals surface area (Å²) in [7, 11) is -3.23. The van der Waals surface area contributed by atoms with Crippen molar-refractivity contribution in [2.75, 3.05) is 13.7 Å². The molecule has 1 aromatic carbocycles. The van der Waals surface area contributed by atoms with E-state index >= 15 is 0 Å². The summed E-state index contributed by atoms with van der Waals surface area (Å²) in [5.41, 5.74) is 0. The van der Waals surface area contributed by atoms with Gasteiger partial charge < -0.3 is 4.74 Å². The second kappa shape index (κ2) is 6.27. The number of halogens is 2. The van der Waals surface area contributed by atoms with Crippen molar-refractivity contribution in [2.45, 2.75) is 24.8 Å². The van der Waals surface area contributed by atoms with E-state index in [0.717, 1.165) is 23.5 Å². The Morgan fingerprint density at radius 3 is 2.45 bits per heavy atom. The lowest BCUT2D eigenvalue weighted by molar-refractivity contribution is -0.141. The summed E-state index contributed by atoms with van der Waals surface area (Å²) in [6, 6.07) is 1.49. The van der Waals surface area contributed by atoms with Crippen LogP contribution in [-0.2, 0) is 19.6 Å². The van der Waals surface area contributed by atoms with Gasteiger partial charge in [0.2, 0.25) is 10.0 Å². The molecule has 8 heteroatoms. The molecular formula is C12H15F2NO4S. The van der Waals surface area contributed by atoms with Crippen molar-refractivity contribution in [2.24, 2.45) is 0 Å². The minimum absolute atomic E-state index is 0.577. The van der Waals surface area contributed by atoms with Gasteiger partial charge in [-0.2, -0.15) is 4.31 Å². The molecule has 0 N–H and O–H groups in total. The summed E-state index contributed by atoms with van der Waals surface area (Å²) in [6.07, 6.45) is 0. The van der Waals surface area contributed by atoms with Gasteiger partial charge in [-0.05, 0) is 32.0 Å². The molecule has 112 valence electrons. The number of ether oxygens (including phenoxy) is 1. The summed E-state index contributed by atoms with van der Waals surface area (Å²) in [5.74, 6) is -2.76. The van der Waals surface area contributed by atoms with Gasteiger partial charge in [0, 0.05) is 6.04 Å². The Balaban J connectivity index is 3.30. The van der Waals surface area contributed by atoms with E-state index < -0.39 is 45.1 Å². The molecule has 0 heterocycles. The number of carbonyl (C=O) groups excluding carboxylic acids is 1. The Bertz CT molecular complexity index is 601. The van der Waals surface area contributed by atoms with E-state index in [9.17, 15) is 22.0 Å². The number of carbonyl (C=O) groups is 1. The Morgan fingerprint density at radius 1 is 1.35 bits per heavy atom. The first-order valence-electron chi connectivity index (χ1n) is 5.74. The summed E-state index contributed by atoms with van der Waals surface area (Å²) in [6.45, 7) is 2.45. The van der Waals surface area contributed by atoms with Crippen LogP contribution in [0.4, 0.5) is 8.78 Å². The molecule has 0 saturated carbocycles. The zero-order valence-electron chi connectivity index (χ0n) is 11.3. The minimum Gasteiger partial charge on any atom is -0.468 e. The first-order valence-corrected chi connectivity index (χ1v) is 7.18. The van der Waals surface area contributed by atoms with Gasteiger partial charge in [0.1, 0.15) is 23.1 Å². The molecule has 0 amide bonds. The molecule has 0 bridgehead atoms. The number of hydrogen-bond acceptors (Lipinski definition) is 4. The van der Waals surface area contributed by atoms with Crippen LogP contribution < -0.4 is 0 Å². The highest BCUT2D eigenvalue weighted by Crippen LogP contribution is 2.22. The summed E-state index contributed by atoms with van der Waals surface area (Å²) in [4.78, 5) is 10.5. The zero-order chi connectivity index (χ0) is 15.5. The van der Waals surface area contributed by atoms with E-state index in [1.165, 1.54) is 13.8 Å². The van der Waals surface area contributed by atoms with Gasteiger partial charge in [0.05, 0.1) is 7.11 Å². The van der Waals surface area contributed by atoms with E-state index in [2.05, 4.69) is 4.74 Å². The highest BCUT2D eigenvalue weighted by molar-refractivity contribution is 7.89. The highest BCUT2D eigenvalue weighted by Gasteiger charge is 2.31. The Labute approximate surface area is 116 Å². The Morgan fingerprint density at radius 2 is 1.95 bits per heavy atom. The van der Waals surface area contributed by atoms with Crippen LogP contribution in [0.2, 0.25) is 0 Å². The third kappa shape index (κ3) is 3.51. The predicted molar refractivity (Wildman–Crippen MR) is 67.4 cm³/mol. The van der Waals surface area contributed by atoms with Crippen molar-refractivity contribution in [3.8, 4) is 0 Å². The fourth-order valence-corrected chi connectivity index (χ4v) is 3.20. The molecule has 1 rings (SSSR count). The topological polar surface area (TPSA) is 63.7 Å². The lowest BCUT2D eigenvalue weighted by atomic mass is 10.3. The molecule has 0 aliphatic rings. The van der Waals surface area contributed by atoms with Crippen molar-refractivity contribution >= 4 is 16.0 Å². The van der Waals surface area contributed by atoms with E-state index in [4.69, 9.17) is 0 Å². The van der Waals surface area contributed by atoms with Crippen LogP contribution in [-0.4, -0.2) is 38.4 Å². The van der Waals surface area contributed by atoms with E-state index in [1.807, 2.05) is 0 Å². The second-order valence-corrected chi connectivity index (χ2v) is 6.15. The third-order valence-electron chi connectivity index (χ3n) is 2.57. The number of methoxy groups -OCH3 is 1. The quantitative estimate of drug-likeness (QED) is 0.774. The van der Waals surface area contributed by atoms with Crippen LogP contribution in [0.15, 0.2) is 23.1 Å². The molecule has 1 aromatic rings. The van der Waals surface area contributed by atoms with Gasteiger partial charge in [-0.1, -0.05) is 0 Å². The minimum atomic E-state index is -4.34. The lowest BCUT2D eigenvalue weighted by Gasteiger charge is -2.24. The lowest BCUT2D eigenvalue weighted by Crippen LogP contribution is -2.41. The van der Waals surface area contributed by atoms with Crippen molar-refractivity contribution in [3.63, 3.8) is 0 Å². The number of rotatable bonds is 5. The molecule has 5 nitrogen and oxygen atoms in total.